The van der Waals surface area contributed by atoms with E-state index in [9.17, 15) is 9.59 Å². The number of amides is 2. The monoisotopic (exact) mass is 396 g/mol. The lowest BCUT2D eigenvalue weighted by atomic mass is 10.1. The second-order valence-electron chi connectivity index (χ2n) is 5.85. The van der Waals surface area contributed by atoms with E-state index in [1.807, 2.05) is 17.5 Å². The van der Waals surface area contributed by atoms with Crippen LogP contribution < -0.4 is 20.1 Å². The molecule has 144 valence electrons. The van der Waals surface area contributed by atoms with Gasteiger partial charge in [0, 0.05) is 17.5 Å². The molecular weight excluding hydrogens is 376 g/mol. The highest BCUT2D eigenvalue weighted by atomic mass is 32.1. The van der Waals surface area contributed by atoms with E-state index in [0.717, 1.165) is 5.56 Å². The first-order valence-electron chi connectivity index (χ1n) is 8.54. The largest absolute Gasteiger partial charge is 0.493 e. The third-order valence-electron chi connectivity index (χ3n) is 4.13. The van der Waals surface area contributed by atoms with Crippen molar-refractivity contribution in [2.75, 3.05) is 19.5 Å². The first kappa shape index (κ1) is 19.4. The Morgan fingerprint density at radius 3 is 2.50 bits per heavy atom. The maximum Gasteiger partial charge on any atom is 0.256 e. The van der Waals surface area contributed by atoms with Gasteiger partial charge in [0.1, 0.15) is 0 Å². The number of benzene rings is 2. The fraction of sp³-hybridized carbons (Fsp3) is 0.143. The molecule has 0 saturated heterocycles. The number of hydrogen-bond acceptors (Lipinski definition) is 5. The first-order chi connectivity index (χ1) is 13.6. The van der Waals surface area contributed by atoms with Crippen LogP contribution in [-0.2, 0) is 6.54 Å². The normalized spacial score (nSPS) is 10.2. The van der Waals surface area contributed by atoms with E-state index < -0.39 is 0 Å². The smallest absolute Gasteiger partial charge is 0.256 e. The lowest BCUT2D eigenvalue weighted by molar-refractivity contribution is 0.0951. The molecule has 0 fully saturated rings. The van der Waals surface area contributed by atoms with E-state index in [-0.39, 0.29) is 18.4 Å². The third kappa shape index (κ3) is 4.32. The van der Waals surface area contributed by atoms with Gasteiger partial charge in [-0.2, -0.15) is 11.3 Å². The number of ether oxygens (including phenoxy) is 2. The summed E-state index contributed by atoms with van der Waals surface area (Å²) >= 11 is 1.44. The van der Waals surface area contributed by atoms with Crippen molar-refractivity contribution in [3.05, 3.63) is 76.0 Å². The van der Waals surface area contributed by atoms with Gasteiger partial charge in [0.25, 0.3) is 11.8 Å². The van der Waals surface area contributed by atoms with Crippen molar-refractivity contribution in [1.29, 1.82) is 0 Å². The van der Waals surface area contributed by atoms with Gasteiger partial charge >= 0.3 is 0 Å². The van der Waals surface area contributed by atoms with Crippen LogP contribution in [0.25, 0.3) is 0 Å². The topological polar surface area (TPSA) is 76.7 Å². The van der Waals surface area contributed by atoms with Crippen LogP contribution in [0.1, 0.15) is 26.3 Å². The van der Waals surface area contributed by atoms with Gasteiger partial charge in [-0.1, -0.05) is 24.3 Å². The number of thiophene rings is 1. The zero-order valence-corrected chi connectivity index (χ0v) is 16.3. The Bertz CT molecular complexity index is 970. The van der Waals surface area contributed by atoms with Crippen molar-refractivity contribution in [3.63, 3.8) is 0 Å². The Balaban J connectivity index is 1.74. The van der Waals surface area contributed by atoms with Crippen molar-refractivity contribution < 1.29 is 19.1 Å². The zero-order chi connectivity index (χ0) is 19.9. The summed E-state index contributed by atoms with van der Waals surface area (Å²) in [6.07, 6.45) is 0. The molecule has 0 radical (unpaired) electrons. The molecule has 0 bridgehead atoms. The molecule has 2 N–H and O–H groups in total. The number of nitrogens with one attached hydrogen (secondary N) is 2. The summed E-state index contributed by atoms with van der Waals surface area (Å²) in [5, 5.41) is 9.25. The molecule has 0 aliphatic rings. The lowest BCUT2D eigenvalue weighted by Gasteiger charge is -2.14. The van der Waals surface area contributed by atoms with Crippen LogP contribution in [0.15, 0.2) is 59.3 Å². The average molecular weight is 396 g/mol. The van der Waals surface area contributed by atoms with Crippen molar-refractivity contribution in [2.24, 2.45) is 0 Å². The molecule has 7 heteroatoms. The molecule has 28 heavy (non-hydrogen) atoms. The summed E-state index contributed by atoms with van der Waals surface area (Å²) < 4.78 is 10.7. The van der Waals surface area contributed by atoms with Gasteiger partial charge in [0.2, 0.25) is 0 Å². The Morgan fingerprint density at radius 2 is 1.79 bits per heavy atom. The first-order valence-corrected chi connectivity index (χ1v) is 9.49. The van der Waals surface area contributed by atoms with Gasteiger partial charge in [-0.3, -0.25) is 9.59 Å². The second kappa shape index (κ2) is 9.05. The van der Waals surface area contributed by atoms with E-state index in [1.54, 1.807) is 56.0 Å². The van der Waals surface area contributed by atoms with Gasteiger partial charge in [-0.05, 0) is 29.6 Å². The Hall–Kier alpha value is -3.32. The van der Waals surface area contributed by atoms with E-state index in [4.69, 9.17) is 9.47 Å². The molecule has 0 saturated carbocycles. The van der Waals surface area contributed by atoms with Gasteiger partial charge < -0.3 is 20.1 Å². The molecule has 0 aliphatic carbocycles. The van der Waals surface area contributed by atoms with Crippen LogP contribution in [0, 0.1) is 0 Å². The van der Waals surface area contributed by atoms with Gasteiger partial charge in [-0.15, -0.1) is 0 Å². The minimum atomic E-state index is -0.300. The van der Waals surface area contributed by atoms with E-state index >= 15 is 0 Å². The van der Waals surface area contributed by atoms with Gasteiger partial charge in [0.15, 0.2) is 11.5 Å². The minimum absolute atomic E-state index is 0.254. The number of hydrogen-bond donors (Lipinski definition) is 2. The van der Waals surface area contributed by atoms with Crippen molar-refractivity contribution in [3.8, 4) is 11.5 Å². The predicted molar refractivity (Wildman–Crippen MR) is 109 cm³/mol. The molecular formula is C21H20N2O4S. The molecule has 3 aromatic rings. The van der Waals surface area contributed by atoms with Crippen molar-refractivity contribution >= 4 is 28.8 Å². The second-order valence-corrected chi connectivity index (χ2v) is 6.63. The average Bonchev–Trinajstić information content (AvgIpc) is 3.27. The Labute approximate surface area is 167 Å². The molecule has 3 rings (SSSR count). The van der Waals surface area contributed by atoms with Crippen LogP contribution in [0.2, 0.25) is 0 Å². The predicted octanol–water partition coefficient (Wildman–Crippen LogP) is 3.95. The van der Waals surface area contributed by atoms with E-state index in [1.165, 1.54) is 11.3 Å². The molecule has 1 heterocycles. The van der Waals surface area contributed by atoms with Crippen molar-refractivity contribution in [2.45, 2.75) is 6.54 Å². The molecule has 2 amide bonds. The molecule has 2 aromatic carbocycles. The van der Waals surface area contributed by atoms with Crippen LogP contribution in [-0.4, -0.2) is 26.0 Å². The fourth-order valence-electron chi connectivity index (χ4n) is 2.74. The summed E-state index contributed by atoms with van der Waals surface area (Å²) in [6.45, 7) is 0.256. The van der Waals surface area contributed by atoms with Crippen LogP contribution in [0.5, 0.6) is 11.5 Å². The number of para-hydroxylation sites is 2. The summed E-state index contributed by atoms with van der Waals surface area (Å²) in [5.41, 5.74) is 2.18. The van der Waals surface area contributed by atoms with Crippen molar-refractivity contribution in [1.82, 2.24) is 5.32 Å². The highest BCUT2D eigenvalue weighted by molar-refractivity contribution is 7.08. The molecule has 6 nitrogen and oxygen atoms in total. The Kier molecular flexibility index (Phi) is 6.29. The van der Waals surface area contributed by atoms with Gasteiger partial charge in [-0.25, -0.2) is 0 Å². The highest BCUT2D eigenvalue weighted by Crippen LogP contribution is 2.30. The number of rotatable bonds is 7. The molecule has 0 unspecified atom stereocenters. The standard InChI is InChI=1S/C21H20N2O4S/c1-26-18-9-5-6-14(19(18)27-2)12-22-21(25)16-7-3-4-8-17(16)23-20(24)15-10-11-28-13-15/h3-11,13H,12H2,1-2H3,(H,22,25)(H,23,24). The summed E-state index contributed by atoms with van der Waals surface area (Å²) in [6, 6.07) is 14.1. The van der Waals surface area contributed by atoms with E-state index in [2.05, 4.69) is 10.6 Å². The van der Waals surface area contributed by atoms with Crippen LogP contribution >= 0.6 is 11.3 Å². The number of carbonyl (C=O) groups is 2. The van der Waals surface area contributed by atoms with Crippen LogP contribution in [0.3, 0.4) is 0 Å². The molecule has 0 atom stereocenters. The summed E-state index contributed by atoms with van der Waals surface area (Å²) in [7, 11) is 3.12. The van der Waals surface area contributed by atoms with Gasteiger partial charge in [0.05, 0.1) is 31.0 Å². The van der Waals surface area contributed by atoms with E-state index in [0.29, 0.717) is 28.3 Å². The fourth-order valence-corrected chi connectivity index (χ4v) is 3.38. The highest BCUT2D eigenvalue weighted by Gasteiger charge is 2.16. The third-order valence-corrected chi connectivity index (χ3v) is 4.81. The molecule has 1 aromatic heterocycles. The number of carbonyl (C=O) groups excluding carboxylic acids is 2. The minimum Gasteiger partial charge on any atom is -0.493 e. The summed E-state index contributed by atoms with van der Waals surface area (Å²) in [4.78, 5) is 25.0. The molecule has 0 spiro atoms. The van der Waals surface area contributed by atoms with Crippen LogP contribution in [0.4, 0.5) is 5.69 Å². The summed E-state index contributed by atoms with van der Waals surface area (Å²) in [5.74, 6) is 0.615. The quantitative estimate of drug-likeness (QED) is 0.634. The lowest BCUT2D eigenvalue weighted by Crippen LogP contribution is -2.25. The maximum absolute atomic E-state index is 12.7. The zero-order valence-electron chi connectivity index (χ0n) is 15.5. The number of methoxy groups -OCH3 is 2. The Morgan fingerprint density at radius 1 is 0.964 bits per heavy atom. The number of anilines is 1. The SMILES string of the molecule is COc1cccc(CNC(=O)c2ccccc2NC(=O)c2ccsc2)c1OC. The maximum atomic E-state index is 12.7. The molecule has 0 aliphatic heterocycles.